The summed E-state index contributed by atoms with van der Waals surface area (Å²) < 4.78 is 1.89. The Bertz CT molecular complexity index is 979. The third-order valence-corrected chi connectivity index (χ3v) is 6.05. The molecule has 1 N–H and O–H groups in total. The molecule has 0 saturated carbocycles. The Hall–Kier alpha value is -2.02. The molecule has 0 aliphatic carbocycles. The van der Waals surface area contributed by atoms with E-state index in [2.05, 4.69) is 34.6 Å². The average molecular weight is 463 g/mol. The topological polar surface area (TPSA) is 59.8 Å². The largest absolute Gasteiger partial charge is 0.349 e. The molecule has 0 unspecified atom stereocenters. The molecule has 158 valence electrons. The summed E-state index contributed by atoms with van der Waals surface area (Å²) in [7, 11) is 0. The molecule has 0 fully saturated rings. The maximum atomic E-state index is 12.2. The summed E-state index contributed by atoms with van der Waals surface area (Å²) in [6, 6.07) is 15.5. The van der Waals surface area contributed by atoms with Crippen molar-refractivity contribution in [1.82, 2.24) is 20.1 Å². The number of carbonyl (C=O) groups excluding carboxylic acids is 1. The zero-order valence-electron chi connectivity index (χ0n) is 16.8. The van der Waals surface area contributed by atoms with Crippen LogP contribution in [-0.4, -0.2) is 20.7 Å². The quantitative estimate of drug-likeness (QED) is 0.293. The Morgan fingerprint density at radius 3 is 2.63 bits per heavy atom. The molecule has 8 heteroatoms. The first-order chi connectivity index (χ1) is 14.6. The lowest BCUT2D eigenvalue weighted by Crippen LogP contribution is -2.24. The molecule has 0 radical (unpaired) electrons. The molecule has 30 heavy (non-hydrogen) atoms. The average Bonchev–Trinajstić information content (AvgIpc) is 3.14. The highest BCUT2D eigenvalue weighted by Gasteiger charge is 2.17. The van der Waals surface area contributed by atoms with Crippen LogP contribution in [0.25, 0.3) is 5.69 Å². The smallest absolute Gasteiger partial charge is 0.220 e. The first-order valence-corrected chi connectivity index (χ1v) is 11.7. The molecule has 2 aromatic carbocycles. The van der Waals surface area contributed by atoms with Gasteiger partial charge in [0.2, 0.25) is 5.91 Å². The Morgan fingerprint density at radius 1 is 1.10 bits per heavy atom. The minimum atomic E-state index is 0.0127. The number of hydrogen-bond acceptors (Lipinski definition) is 4. The normalized spacial score (nSPS) is 10.9. The molecule has 3 aromatic rings. The van der Waals surface area contributed by atoms with Crippen LogP contribution >= 0.6 is 35.0 Å². The summed E-state index contributed by atoms with van der Waals surface area (Å²) in [5, 5.41) is 13.4. The van der Waals surface area contributed by atoms with E-state index in [9.17, 15) is 4.79 Å². The Labute approximate surface area is 191 Å². The first kappa shape index (κ1) is 22.7. The molecular formula is C22H24Cl2N4OS. The van der Waals surface area contributed by atoms with Crippen LogP contribution in [-0.2, 0) is 17.1 Å². The fourth-order valence-corrected chi connectivity index (χ4v) is 4.35. The number of nitrogens with zero attached hydrogens (tertiary/aromatic N) is 3. The van der Waals surface area contributed by atoms with E-state index in [1.165, 1.54) is 5.56 Å². The molecule has 0 spiro atoms. The van der Waals surface area contributed by atoms with E-state index in [-0.39, 0.29) is 12.5 Å². The molecule has 0 atom stereocenters. The molecule has 0 saturated heterocycles. The molecule has 0 aliphatic rings. The van der Waals surface area contributed by atoms with Crippen LogP contribution in [0.2, 0.25) is 10.0 Å². The van der Waals surface area contributed by atoms with Crippen LogP contribution < -0.4 is 5.32 Å². The molecule has 0 aliphatic heterocycles. The monoisotopic (exact) mass is 462 g/mol. The van der Waals surface area contributed by atoms with Gasteiger partial charge in [0.05, 0.1) is 17.3 Å². The number of amides is 1. The molecule has 1 aromatic heterocycles. The second-order valence-electron chi connectivity index (χ2n) is 6.84. The SMILES string of the molecule is CCCCCC(=O)NCc1nnc(SCc2ccccc2)n1-c1ccc(Cl)cc1Cl. The number of nitrogens with one attached hydrogen (secondary N) is 1. The van der Waals surface area contributed by atoms with Crippen molar-refractivity contribution in [2.45, 2.75) is 50.1 Å². The van der Waals surface area contributed by atoms with Gasteiger partial charge in [0.15, 0.2) is 11.0 Å². The third-order valence-electron chi connectivity index (χ3n) is 4.51. The van der Waals surface area contributed by atoms with Gasteiger partial charge < -0.3 is 5.32 Å². The van der Waals surface area contributed by atoms with Gasteiger partial charge in [0.25, 0.3) is 0 Å². The van der Waals surface area contributed by atoms with Crippen LogP contribution in [0.3, 0.4) is 0 Å². The van der Waals surface area contributed by atoms with Crippen molar-refractivity contribution in [3.63, 3.8) is 0 Å². The van der Waals surface area contributed by atoms with Crippen molar-refractivity contribution >= 4 is 40.9 Å². The van der Waals surface area contributed by atoms with E-state index >= 15 is 0 Å². The number of rotatable bonds is 10. The summed E-state index contributed by atoms with van der Waals surface area (Å²) in [6.45, 7) is 2.40. The predicted molar refractivity (Wildman–Crippen MR) is 123 cm³/mol. The highest BCUT2D eigenvalue weighted by Crippen LogP contribution is 2.30. The van der Waals surface area contributed by atoms with E-state index in [1.54, 1.807) is 23.9 Å². The zero-order chi connectivity index (χ0) is 21.3. The van der Waals surface area contributed by atoms with Gasteiger partial charge in [-0.15, -0.1) is 10.2 Å². The van der Waals surface area contributed by atoms with Gasteiger partial charge in [0.1, 0.15) is 0 Å². The van der Waals surface area contributed by atoms with Gasteiger partial charge in [-0.05, 0) is 30.2 Å². The fourth-order valence-electron chi connectivity index (χ4n) is 2.94. The standard InChI is InChI=1S/C22H24Cl2N4OS/c1-2-3-5-10-21(29)25-14-20-26-27-22(30-15-16-8-6-4-7-9-16)28(20)19-12-11-17(23)13-18(19)24/h4,6-9,11-13H,2-3,5,10,14-15H2,1H3,(H,25,29). The Morgan fingerprint density at radius 2 is 1.90 bits per heavy atom. The van der Waals surface area contributed by atoms with Gasteiger partial charge in [-0.1, -0.05) is 85.1 Å². The van der Waals surface area contributed by atoms with E-state index in [0.717, 1.165) is 30.7 Å². The van der Waals surface area contributed by atoms with Crippen LogP contribution in [0, 0.1) is 0 Å². The van der Waals surface area contributed by atoms with Crippen LogP contribution in [0.4, 0.5) is 0 Å². The number of unbranched alkanes of at least 4 members (excludes halogenated alkanes) is 2. The number of halogens is 2. The van der Waals surface area contributed by atoms with Crippen molar-refractivity contribution in [2.24, 2.45) is 0 Å². The third kappa shape index (κ3) is 6.24. The Kier molecular flexibility index (Phi) is 8.61. The van der Waals surface area contributed by atoms with Crippen molar-refractivity contribution in [3.8, 4) is 5.69 Å². The zero-order valence-corrected chi connectivity index (χ0v) is 19.1. The minimum absolute atomic E-state index is 0.0127. The van der Waals surface area contributed by atoms with E-state index in [0.29, 0.717) is 27.4 Å². The summed E-state index contributed by atoms with van der Waals surface area (Å²) in [5.74, 6) is 1.38. The number of aromatic nitrogens is 3. The molecule has 1 heterocycles. The van der Waals surface area contributed by atoms with E-state index in [1.807, 2.05) is 28.8 Å². The summed E-state index contributed by atoms with van der Waals surface area (Å²) >= 11 is 14.1. The predicted octanol–water partition coefficient (Wildman–Crippen LogP) is 6.06. The maximum Gasteiger partial charge on any atom is 0.220 e. The number of carbonyl (C=O) groups is 1. The summed E-state index contributed by atoms with van der Waals surface area (Å²) in [5.41, 5.74) is 1.92. The van der Waals surface area contributed by atoms with Gasteiger partial charge in [-0.3, -0.25) is 9.36 Å². The van der Waals surface area contributed by atoms with Gasteiger partial charge in [-0.2, -0.15) is 0 Å². The number of hydrogen-bond donors (Lipinski definition) is 1. The minimum Gasteiger partial charge on any atom is -0.349 e. The van der Waals surface area contributed by atoms with E-state index in [4.69, 9.17) is 23.2 Å². The number of thioether (sulfide) groups is 1. The second-order valence-corrected chi connectivity index (χ2v) is 8.62. The molecule has 0 bridgehead atoms. The molecule has 5 nitrogen and oxygen atoms in total. The van der Waals surface area contributed by atoms with Crippen LogP contribution in [0.15, 0.2) is 53.7 Å². The summed E-state index contributed by atoms with van der Waals surface area (Å²) in [4.78, 5) is 12.2. The van der Waals surface area contributed by atoms with Gasteiger partial charge in [0, 0.05) is 17.2 Å². The van der Waals surface area contributed by atoms with Crippen LogP contribution in [0.5, 0.6) is 0 Å². The first-order valence-electron chi connectivity index (χ1n) is 9.91. The van der Waals surface area contributed by atoms with Crippen molar-refractivity contribution in [2.75, 3.05) is 0 Å². The van der Waals surface area contributed by atoms with E-state index < -0.39 is 0 Å². The van der Waals surface area contributed by atoms with Crippen LogP contribution in [0.1, 0.15) is 44.0 Å². The lowest BCUT2D eigenvalue weighted by atomic mass is 10.2. The van der Waals surface area contributed by atoms with Crippen molar-refractivity contribution < 1.29 is 4.79 Å². The lowest BCUT2D eigenvalue weighted by molar-refractivity contribution is -0.121. The highest BCUT2D eigenvalue weighted by atomic mass is 35.5. The molecular weight excluding hydrogens is 439 g/mol. The fraction of sp³-hybridized carbons (Fsp3) is 0.318. The van der Waals surface area contributed by atoms with Crippen molar-refractivity contribution in [1.29, 1.82) is 0 Å². The van der Waals surface area contributed by atoms with Gasteiger partial charge in [-0.25, -0.2) is 0 Å². The Balaban J connectivity index is 1.81. The lowest BCUT2D eigenvalue weighted by Gasteiger charge is -2.13. The van der Waals surface area contributed by atoms with Crippen molar-refractivity contribution in [3.05, 3.63) is 70.0 Å². The summed E-state index contributed by atoms with van der Waals surface area (Å²) in [6.07, 6.45) is 3.53. The molecule has 3 rings (SSSR count). The highest BCUT2D eigenvalue weighted by molar-refractivity contribution is 7.98. The number of benzene rings is 2. The second kappa shape index (κ2) is 11.4. The maximum absolute atomic E-state index is 12.2. The molecule has 1 amide bonds. The van der Waals surface area contributed by atoms with Gasteiger partial charge >= 0.3 is 0 Å².